The zero-order valence-electron chi connectivity index (χ0n) is 12.7. The summed E-state index contributed by atoms with van der Waals surface area (Å²) in [5.74, 6) is 2.83. The zero-order valence-corrected chi connectivity index (χ0v) is 12.7. The number of hydrogen-bond donors (Lipinski definition) is 3. The van der Waals surface area contributed by atoms with Gasteiger partial charge in [-0.25, -0.2) is 0 Å². The number of nitrogen functional groups attached to an aromatic ring is 1. The van der Waals surface area contributed by atoms with Crippen molar-refractivity contribution in [1.29, 1.82) is 0 Å². The molecular weight excluding hydrogens is 250 g/mol. The minimum atomic E-state index is 0.329. The van der Waals surface area contributed by atoms with Crippen LogP contribution in [0.3, 0.4) is 0 Å². The van der Waals surface area contributed by atoms with Crippen LogP contribution in [0.15, 0.2) is 6.07 Å². The first-order valence-electron chi connectivity index (χ1n) is 7.82. The van der Waals surface area contributed by atoms with Gasteiger partial charge in [-0.1, -0.05) is 26.7 Å². The molecule has 0 spiro atoms. The Hall–Kier alpha value is -1.52. The summed E-state index contributed by atoms with van der Waals surface area (Å²) in [4.78, 5) is 8.51. The lowest BCUT2D eigenvalue weighted by molar-refractivity contribution is 0.502. The highest BCUT2D eigenvalue weighted by Gasteiger charge is 2.16. The second-order valence-electron chi connectivity index (χ2n) is 5.88. The number of nitrogens with two attached hydrogens (primary N) is 1. The highest BCUT2D eigenvalue weighted by Crippen LogP contribution is 2.25. The molecule has 0 aromatic carbocycles. The number of aromatic nitrogens is 2. The Labute approximate surface area is 121 Å². The van der Waals surface area contributed by atoms with Crippen molar-refractivity contribution in [2.45, 2.75) is 58.4 Å². The molecule has 0 saturated heterocycles. The van der Waals surface area contributed by atoms with Gasteiger partial charge in [0, 0.05) is 18.7 Å². The Bertz CT molecular complexity index is 421. The molecule has 1 aliphatic carbocycles. The van der Waals surface area contributed by atoms with E-state index in [2.05, 4.69) is 34.4 Å². The maximum absolute atomic E-state index is 5.79. The number of hydrogen-bond acceptors (Lipinski definition) is 5. The molecule has 0 amide bonds. The maximum atomic E-state index is 5.79. The first-order chi connectivity index (χ1) is 9.67. The molecule has 112 valence electrons. The minimum absolute atomic E-state index is 0.329. The van der Waals surface area contributed by atoms with Crippen LogP contribution in [-0.4, -0.2) is 22.6 Å². The van der Waals surface area contributed by atoms with E-state index in [0.717, 1.165) is 30.5 Å². The van der Waals surface area contributed by atoms with Crippen molar-refractivity contribution in [2.24, 2.45) is 5.92 Å². The average molecular weight is 277 g/mol. The van der Waals surface area contributed by atoms with E-state index in [9.17, 15) is 0 Å². The van der Waals surface area contributed by atoms with Crippen LogP contribution in [0.5, 0.6) is 0 Å². The van der Waals surface area contributed by atoms with Crippen molar-refractivity contribution in [3.8, 4) is 0 Å². The Balaban J connectivity index is 1.98. The zero-order chi connectivity index (χ0) is 14.4. The molecule has 20 heavy (non-hydrogen) atoms. The summed E-state index contributed by atoms with van der Waals surface area (Å²) < 4.78 is 0. The van der Waals surface area contributed by atoms with E-state index in [1.54, 1.807) is 0 Å². The van der Waals surface area contributed by atoms with E-state index < -0.39 is 0 Å². The van der Waals surface area contributed by atoms with E-state index in [0.29, 0.717) is 12.0 Å². The van der Waals surface area contributed by atoms with E-state index >= 15 is 0 Å². The summed E-state index contributed by atoms with van der Waals surface area (Å²) in [5.41, 5.74) is 5.79. The monoisotopic (exact) mass is 277 g/mol. The predicted molar refractivity (Wildman–Crippen MR) is 84.9 cm³/mol. The molecule has 0 radical (unpaired) electrons. The SMILES string of the molecule is CCCNc1cc(NC2CCCC(C)CC2)nc(N)n1. The number of anilines is 3. The molecule has 0 aliphatic heterocycles. The van der Waals surface area contributed by atoms with Crippen LogP contribution in [0.2, 0.25) is 0 Å². The third-order valence-electron chi connectivity index (χ3n) is 3.91. The summed E-state index contributed by atoms with van der Waals surface area (Å²) in [7, 11) is 0. The van der Waals surface area contributed by atoms with Crippen molar-refractivity contribution in [3.05, 3.63) is 6.07 Å². The fraction of sp³-hybridized carbons (Fsp3) is 0.733. The molecule has 5 nitrogen and oxygen atoms in total. The largest absolute Gasteiger partial charge is 0.370 e. The lowest BCUT2D eigenvalue weighted by Crippen LogP contribution is -2.20. The molecule has 1 aromatic rings. The first-order valence-corrected chi connectivity index (χ1v) is 7.82. The van der Waals surface area contributed by atoms with Crippen LogP contribution in [0.4, 0.5) is 17.6 Å². The van der Waals surface area contributed by atoms with Crippen molar-refractivity contribution < 1.29 is 0 Å². The number of nitrogens with one attached hydrogen (secondary N) is 2. The average Bonchev–Trinajstić information content (AvgIpc) is 2.61. The summed E-state index contributed by atoms with van der Waals surface area (Å²) in [6, 6.07) is 2.47. The standard InChI is InChI=1S/C15H27N5/c1-3-9-17-13-10-14(20-15(16)19-13)18-12-6-4-5-11(2)7-8-12/h10-12H,3-9H2,1-2H3,(H4,16,17,18,19,20). The third kappa shape index (κ3) is 4.54. The van der Waals surface area contributed by atoms with E-state index in [1.807, 2.05) is 6.07 Å². The van der Waals surface area contributed by atoms with Crippen molar-refractivity contribution >= 4 is 17.6 Å². The topological polar surface area (TPSA) is 75.9 Å². The normalized spacial score (nSPS) is 23.1. The van der Waals surface area contributed by atoms with Gasteiger partial charge in [-0.15, -0.1) is 0 Å². The van der Waals surface area contributed by atoms with Crippen molar-refractivity contribution in [1.82, 2.24) is 9.97 Å². The van der Waals surface area contributed by atoms with Crippen LogP contribution in [0, 0.1) is 5.92 Å². The summed E-state index contributed by atoms with van der Waals surface area (Å²) in [6.07, 6.45) is 7.41. The molecule has 1 aliphatic rings. The fourth-order valence-electron chi connectivity index (χ4n) is 2.72. The molecule has 0 bridgehead atoms. The van der Waals surface area contributed by atoms with Crippen LogP contribution < -0.4 is 16.4 Å². The first kappa shape index (κ1) is 14.9. The van der Waals surface area contributed by atoms with Gasteiger partial charge in [-0.3, -0.25) is 0 Å². The molecule has 2 atom stereocenters. The Morgan fingerprint density at radius 3 is 2.80 bits per heavy atom. The lowest BCUT2D eigenvalue weighted by Gasteiger charge is -2.18. The van der Waals surface area contributed by atoms with Gasteiger partial charge in [0.1, 0.15) is 11.6 Å². The van der Waals surface area contributed by atoms with Crippen molar-refractivity contribution in [3.63, 3.8) is 0 Å². The summed E-state index contributed by atoms with van der Waals surface area (Å²) >= 11 is 0. The molecular formula is C15H27N5. The molecule has 5 heteroatoms. The van der Waals surface area contributed by atoms with E-state index in [-0.39, 0.29) is 0 Å². The Morgan fingerprint density at radius 2 is 2.00 bits per heavy atom. The molecule has 1 aromatic heterocycles. The second kappa shape index (κ2) is 7.31. The highest BCUT2D eigenvalue weighted by atomic mass is 15.1. The summed E-state index contributed by atoms with van der Waals surface area (Å²) in [6.45, 7) is 5.37. The predicted octanol–water partition coefficient (Wildman–Crippen LogP) is 3.26. The number of nitrogens with zero attached hydrogens (tertiary/aromatic N) is 2. The van der Waals surface area contributed by atoms with Crippen LogP contribution in [-0.2, 0) is 0 Å². The number of rotatable bonds is 5. The van der Waals surface area contributed by atoms with E-state index in [4.69, 9.17) is 5.73 Å². The third-order valence-corrected chi connectivity index (χ3v) is 3.91. The van der Waals surface area contributed by atoms with Gasteiger partial charge in [0.05, 0.1) is 0 Å². The van der Waals surface area contributed by atoms with Gasteiger partial charge >= 0.3 is 0 Å². The maximum Gasteiger partial charge on any atom is 0.223 e. The molecule has 1 saturated carbocycles. The van der Waals surface area contributed by atoms with Crippen molar-refractivity contribution in [2.75, 3.05) is 22.9 Å². The van der Waals surface area contributed by atoms with Gasteiger partial charge < -0.3 is 16.4 Å². The second-order valence-corrected chi connectivity index (χ2v) is 5.88. The Kier molecular flexibility index (Phi) is 5.44. The molecule has 1 heterocycles. The molecule has 1 fully saturated rings. The fourth-order valence-corrected chi connectivity index (χ4v) is 2.72. The van der Waals surface area contributed by atoms with Crippen LogP contribution >= 0.6 is 0 Å². The van der Waals surface area contributed by atoms with Crippen LogP contribution in [0.25, 0.3) is 0 Å². The van der Waals surface area contributed by atoms with Gasteiger partial charge in [0.15, 0.2) is 0 Å². The molecule has 2 unspecified atom stereocenters. The Morgan fingerprint density at radius 1 is 1.20 bits per heavy atom. The lowest BCUT2D eigenvalue weighted by atomic mass is 10.0. The minimum Gasteiger partial charge on any atom is -0.370 e. The van der Waals surface area contributed by atoms with Gasteiger partial charge in [-0.2, -0.15) is 9.97 Å². The molecule has 4 N–H and O–H groups in total. The summed E-state index contributed by atoms with van der Waals surface area (Å²) in [5, 5.41) is 6.79. The van der Waals surface area contributed by atoms with Gasteiger partial charge in [-0.05, 0) is 31.6 Å². The molecule has 2 rings (SSSR count). The van der Waals surface area contributed by atoms with Gasteiger partial charge in [0.25, 0.3) is 0 Å². The smallest absolute Gasteiger partial charge is 0.223 e. The van der Waals surface area contributed by atoms with Crippen LogP contribution in [0.1, 0.15) is 52.4 Å². The van der Waals surface area contributed by atoms with E-state index in [1.165, 1.54) is 32.1 Å². The quantitative estimate of drug-likeness (QED) is 0.720. The van der Waals surface area contributed by atoms with Gasteiger partial charge in [0.2, 0.25) is 5.95 Å². The highest BCUT2D eigenvalue weighted by molar-refractivity contribution is 5.51.